The number of benzene rings is 1. The molecule has 1 amide bonds. The third kappa shape index (κ3) is 2.44. The van der Waals surface area contributed by atoms with Crippen molar-refractivity contribution in [3.8, 4) is 0 Å². The normalized spacial score (nSPS) is 25.0. The number of rotatable bonds is 3. The van der Waals surface area contributed by atoms with Crippen molar-refractivity contribution in [2.75, 3.05) is 13.1 Å². The average molecular weight is 314 g/mol. The molecule has 3 nitrogen and oxygen atoms in total. The lowest BCUT2D eigenvalue weighted by Gasteiger charge is -2.40. The number of nitrogens with zero attached hydrogens (tertiary/aromatic N) is 2. The van der Waals surface area contributed by atoms with Crippen LogP contribution < -0.4 is 0 Å². The van der Waals surface area contributed by atoms with Crippen LogP contribution in [0.3, 0.4) is 0 Å². The zero-order valence-electron chi connectivity index (χ0n) is 13.0. The molecule has 3 heterocycles. The SMILES string of the molecule is CCC(=O)N1CC2CCC(C1)N2Cc1cc2ccccc2s1. The van der Waals surface area contributed by atoms with E-state index in [1.54, 1.807) is 0 Å². The van der Waals surface area contributed by atoms with Crippen LogP contribution in [0.25, 0.3) is 10.1 Å². The van der Waals surface area contributed by atoms with Crippen LogP contribution in [0.5, 0.6) is 0 Å². The van der Waals surface area contributed by atoms with Gasteiger partial charge in [0.05, 0.1) is 0 Å². The van der Waals surface area contributed by atoms with E-state index in [4.69, 9.17) is 0 Å². The van der Waals surface area contributed by atoms with E-state index in [1.165, 1.54) is 27.8 Å². The second-order valence-corrected chi connectivity index (χ2v) is 7.63. The molecule has 22 heavy (non-hydrogen) atoms. The third-order valence-corrected chi connectivity index (χ3v) is 6.20. The van der Waals surface area contributed by atoms with Crippen molar-refractivity contribution < 1.29 is 4.79 Å². The van der Waals surface area contributed by atoms with Crippen molar-refractivity contribution in [1.82, 2.24) is 9.80 Å². The summed E-state index contributed by atoms with van der Waals surface area (Å²) in [6.07, 6.45) is 3.11. The van der Waals surface area contributed by atoms with Crippen molar-refractivity contribution in [2.45, 2.75) is 44.8 Å². The van der Waals surface area contributed by atoms with Gasteiger partial charge in [-0.05, 0) is 30.4 Å². The summed E-state index contributed by atoms with van der Waals surface area (Å²) in [5.74, 6) is 0.318. The number of fused-ring (bicyclic) bond motifs is 3. The van der Waals surface area contributed by atoms with E-state index in [0.717, 1.165) is 19.6 Å². The molecule has 2 unspecified atom stereocenters. The molecule has 0 spiro atoms. The lowest BCUT2D eigenvalue weighted by molar-refractivity contribution is -0.134. The molecule has 2 atom stereocenters. The molecule has 4 heteroatoms. The van der Waals surface area contributed by atoms with Crippen molar-refractivity contribution in [2.24, 2.45) is 0 Å². The number of likely N-dealkylation sites (tertiary alicyclic amines) is 1. The van der Waals surface area contributed by atoms with E-state index >= 15 is 0 Å². The third-order valence-electron chi connectivity index (χ3n) is 5.10. The van der Waals surface area contributed by atoms with Gasteiger partial charge in [0.1, 0.15) is 0 Å². The minimum absolute atomic E-state index is 0.318. The van der Waals surface area contributed by atoms with Crippen LogP contribution in [-0.2, 0) is 11.3 Å². The summed E-state index contributed by atoms with van der Waals surface area (Å²) in [6, 6.07) is 12.1. The molecular weight excluding hydrogens is 292 g/mol. The fourth-order valence-electron chi connectivity index (χ4n) is 3.97. The number of piperazine rings is 1. The highest BCUT2D eigenvalue weighted by atomic mass is 32.1. The van der Waals surface area contributed by atoms with E-state index in [1.807, 2.05) is 18.3 Å². The van der Waals surface area contributed by atoms with Crippen molar-refractivity contribution in [3.05, 3.63) is 35.2 Å². The molecule has 0 N–H and O–H groups in total. The van der Waals surface area contributed by atoms with Gasteiger partial charge in [0.15, 0.2) is 0 Å². The van der Waals surface area contributed by atoms with Crippen LogP contribution in [0.1, 0.15) is 31.1 Å². The van der Waals surface area contributed by atoms with Crippen LogP contribution in [-0.4, -0.2) is 40.9 Å². The topological polar surface area (TPSA) is 23.6 Å². The molecule has 2 bridgehead atoms. The highest BCUT2D eigenvalue weighted by Crippen LogP contribution is 2.34. The van der Waals surface area contributed by atoms with Crippen LogP contribution in [0.4, 0.5) is 0 Å². The van der Waals surface area contributed by atoms with Crippen molar-refractivity contribution in [1.29, 1.82) is 0 Å². The van der Waals surface area contributed by atoms with Gasteiger partial charge in [0, 0.05) is 47.7 Å². The van der Waals surface area contributed by atoms with E-state index < -0.39 is 0 Å². The second kappa shape index (κ2) is 5.67. The first kappa shape index (κ1) is 14.2. The maximum absolute atomic E-state index is 12.0. The van der Waals surface area contributed by atoms with Crippen LogP contribution in [0.2, 0.25) is 0 Å². The number of hydrogen-bond acceptors (Lipinski definition) is 3. The van der Waals surface area contributed by atoms with Crippen LogP contribution in [0, 0.1) is 0 Å². The quantitative estimate of drug-likeness (QED) is 0.866. The Morgan fingerprint density at radius 2 is 1.95 bits per heavy atom. The summed E-state index contributed by atoms with van der Waals surface area (Å²) >= 11 is 1.91. The predicted molar refractivity (Wildman–Crippen MR) is 91.0 cm³/mol. The van der Waals surface area contributed by atoms with Gasteiger partial charge < -0.3 is 4.90 Å². The molecule has 2 fully saturated rings. The van der Waals surface area contributed by atoms with Crippen molar-refractivity contribution >= 4 is 27.3 Å². The summed E-state index contributed by atoms with van der Waals surface area (Å²) in [7, 11) is 0. The molecule has 116 valence electrons. The lowest BCUT2D eigenvalue weighted by atomic mass is 10.1. The second-order valence-electron chi connectivity index (χ2n) is 6.46. The highest BCUT2D eigenvalue weighted by molar-refractivity contribution is 7.19. The number of carbonyl (C=O) groups is 1. The number of thiophene rings is 1. The Bertz CT molecular complexity index is 648. The molecule has 2 aromatic rings. The Balaban J connectivity index is 1.51. The number of hydrogen-bond donors (Lipinski definition) is 0. The monoisotopic (exact) mass is 314 g/mol. The maximum atomic E-state index is 12.0. The highest BCUT2D eigenvalue weighted by Gasteiger charge is 2.40. The van der Waals surface area contributed by atoms with E-state index in [-0.39, 0.29) is 0 Å². The first-order valence-electron chi connectivity index (χ1n) is 8.25. The lowest BCUT2D eigenvalue weighted by Crippen LogP contribution is -2.54. The molecule has 2 aliphatic rings. The molecule has 4 rings (SSSR count). The minimum Gasteiger partial charge on any atom is -0.340 e. The Morgan fingerprint density at radius 1 is 1.23 bits per heavy atom. The molecule has 1 aromatic carbocycles. The van der Waals surface area contributed by atoms with E-state index in [0.29, 0.717) is 24.4 Å². The number of amides is 1. The largest absolute Gasteiger partial charge is 0.340 e. The molecule has 0 aliphatic carbocycles. The van der Waals surface area contributed by atoms with Gasteiger partial charge >= 0.3 is 0 Å². The Morgan fingerprint density at radius 3 is 2.64 bits per heavy atom. The summed E-state index contributed by atoms with van der Waals surface area (Å²) < 4.78 is 1.38. The van der Waals surface area contributed by atoms with Crippen molar-refractivity contribution in [3.63, 3.8) is 0 Å². The molecule has 2 aliphatic heterocycles. The van der Waals surface area contributed by atoms with Gasteiger partial charge in [0.2, 0.25) is 5.91 Å². The van der Waals surface area contributed by atoms with Gasteiger partial charge in [-0.2, -0.15) is 0 Å². The fraction of sp³-hybridized carbons (Fsp3) is 0.500. The minimum atomic E-state index is 0.318. The summed E-state index contributed by atoms with van der Waals surface area (Å²) in [6.45, 7) is 4.86. The Labute approximate surface area is 135 Å². The predicted octanol–water partition coefficient (Wildman–Crippen LogP) is 3.49. The zero-order chi connectivity index (χ0) is 15.1. The van der Waals surface area contributed by atoms with Crippen LogP contribution in [0.15, 0.2) is 30.3 Å². The van der Waals surface area contributed by atoms with Gasteiger partial charge in [0.25, 0.3) is 0 Å². The van der Waals surface area contributed by atoms with Gasteiger partial charge in [-0.25, -0.2) is 0 Å². The molecule has 1 aromatic heterocycles. The maximum Gasteiger partial charge on any atom is 0.222 e. The first-order valence-corrected chi connectivity index (χ1v) is 9.07. The van der Waals surface area contributed by atoms with Gasteiger partial charge in [-0.1, -0.05) is 25.1 Å². The molecule has 0 saturated carbocycles. The molecule has 0 radical (unpaired) electrons. The first-order chi connectivity index (χ1) is 10.7. The summed E-state index contributed by atoms with van der Waals surface area (Å²) in [4.78, 5) is 18.2. The van der Waals surface area contributed by atoms with E-state index in [2.05, 4.69) is 40.1 Å². The summed E-state index contributed by atoms with van der Waals surface area (Å²) in [5.41, 5.74) is 0. The number of carbonyl (C=O) groups excluding carboxylic acids is 1. The standard InChI is InChI=1S/C18H22N2OS/c1-2-18(21)19-10-14-7-8-15(11-19)20(14)12-16-9-13-5-3-4-6-17(13)22-16/h3-6,9,14-15H,2,7-8,10-12H2,1H3. The summed E-state index contributed by atoms with van der Waals surface area (Å²) in [5, 5.41) is 1.36. The van der Waals surface area contributed by atoms with Crippen LogP contribution >= 0.6 is 11.3 Å². The molecule has 2 saturated heterocycles. The fourth-order valence-corrected chi connectivity index (χ4v) is 5.04. The zero-order valence-corrected chi connectivity index (χ0v) is 13.8. The van der Waals surface area contributed by atoms with E-state index in [9.17, 15) is 4.79 Å². The van der Waals surface area contributed by atoms with Gasteiger partial charge in [-0.3, -0.25) is 9.69 Å². The smallest absolute Gasteiger partial charge is 0.222 e. The molecular formula is C18H22N2OS. The Hall–Kier alpha value is -1.39. The van der Waals surface area contributed by atoms with Gasteiger partial charge in [-0.15, -0.1) is 11.3 Å². The Kier molecular flexibility index (Phi) is 3.66. The average Bonchev–Trinajstić information content (AvgIpc) is 3.03.